The highest BCUT2D eigenvalue weighted by Crippen LogP contribution is 2.46. The van der Waals surface area contributed by atoms with Gasteiger partial charge in [-0.2, -0.15) is 0 Å². The van der Waals surface area contributed by atoms with Crippen molar-refractivity contribution < 1.29 is 4.39 Å². The summed E-state index contributed by atoms with van der Waals surface area (Å²) in [6.07, 6.45) is 1.17. The molecule has 1 aliphatic carbocycles. The first kappa shape index (κ1) is 10.5. The molecule has 0 bridgehead atoms. The van der Waals surface area contributed by atoms with Crippen LogP contribution in [0.25, 0.3) is 0 Å². The largest absolute Gasteiger partial charge is 0.330 e. The van der Waals surface area contributed by atoms with Gasteiger partial charge in [0, 0.05) is 0 Å². The number of benzene rings is 1. The Bertz CT molecular complexity index is 273. The molecule has 0 amide bonds. The Morgan fingerprint density at radius 2 is 1.92 bits per heavy atom. The predicted octanol–water partition coefficient (Wildman–Crippen LogP) is 2.31. The normalized spacial score (nSPS) is 25.1. The van der Waals surface area contributed by atoms with Crippen molar-refractivity contribution in [2.24, 2.45) is 11.7 Å². The van der Waals surface area contributed by atoms with Gasteiger partial charge in [0.15, 0.2) is 0 Å². The molecular weight excluding hydrogens is 189 g/mol. The summed E-state index contributed by atoms with van der Waals surface area (Å²) in [5.41, 5.74) is 6.75. The molecule has 2 N–H and O–H groups in total. The van der Waals surface area contributed by atoms with E-state index >= 15 is 0 Å². The summed E-state index contributed by atoms with van der Waals surface area (Å²) < 4.78 is 12.5. The van der Waals surface area contributed by atoms with Crippen LogP contribution in [0.4, 0.5) is 4.39 Å². The Morgan fingerprint density at radius 1 is 1.31 bits per heavy atom. The van der Waals surface area contributed by atoms with Crippen LogP contribution in [0.2, 0.25) is 0 Å². The molecule has 2 rings (SSSR count). The van der Waals surface area contributed by atoms with E-state index in [1.165, 1.54) is 24.1 Å². The zero-order valence-electron chi connectivity index (χ0n) is 7.24. The van der Waals surface area contributed by atoms with E-state index < -0.39 is 0 Å². The summed E-state index contributed by atoms with van der Waals surface area (Å²) >= 11 is 0. The van der Waals surface area contributed by atoms with Gasteiger partial charge in [-0.1, -0.05) is 12.1 Å². The zero-order valence-corrected chi connectivity index (χ0v) is 8.06. The standard InChI is InChI=1S/C10H12FN.ClH/c11-9-3-1-7(2-4-9)10-5-8(10)6-12;/h1-4,8,10H,5-6,12H2;1H/t8-,10-;/m0./s1. The maximum absolute atomic E-state index is 12.5. The third-order valence-electron chi connectivity index (χ3n) is 2.52. The fourth-order valence-corrected chi connectivity index (χ4v) is 1.63. The van der Waals surface area contributed by atoms with Gasteiger partial charge in [-0.05, 0) is 42.5 Å². The van der Waals surface area contributed by atoms with E-state index in [0.29, 0.717) is 11.8 Å². The van der Waals surface area contributed by atoms with Crippen LogP contribution in [0.15, 0.2) is 24.3 Å². The Hall–Kier alpha value is -0.600. The van der Waals surface area contributed by atoms with Crippen LogP contribution < -0.4 is 5.73 Å². The molecule has 0 unspecified atom stereocenters. The van der Waals surface area contributed by atoms with Crippen LogP contribution in [0, 0.1) is 11.7 Å². The van der Waals surface area contributed by atoms with Gasteiger partial charge in [-0.3, -0.25) is 0 Å². The molecule has 0 radical (unpaired) electrons. The topological polar surface area (TPSA) is 26.0 Å². The Kier molecular flexibility index (Phi) is 3.28. The molecule has 72 valence electrons. The van der Waals surface area contributed by atoms with Crippen molar-refractivity contribution in [2.45, 2.75) is 12.3 Å². The van der Waals surface area contributed by atoms with E-state index in [2.05, 4.69) is 0 Å². The number of rotatable bonds is 2. The molecule has 13 heavy (non-hydrogen) atoms. The van der Waals surface area contributed by atoms with Gasteiger partial charge in [0.05, 0.1) is 0 Å². The zero-order chi connectivity index (χ0) is 8.55. The van der Waals surface area contributed by atoms with Gasteiger partial charge >= 0.3 is 0 Å². The minimum atomic E-state index is -0.163. The van der Waals surface area contributed by atoms with Gasteiger partial charge in [0.1, 0.15) is 5.82 Å². The molecule has 0 aliphatic heterocycles. The number of hydrogen-bond acceptors (Lipinski definition) is 1. The van der Waals surface area contributed by atoms with Gasteiger partial charge in [-0.15, -0.1) is 12.4 Å². The summed E-state index contributed by atoms with van der Waals surface area (Å²) in [5, 5.41) is 0. The van der Waals surface area contributed by atoms with Crippen LogP contribution in [0.1, 0.15) is 17.9 Å². The average molecular weight is 202 g/mol. The van der Waals surface area contributed by atoms with Crippen molar-refractivity contribution in [3.63, 3.8) is 0 Å². The molecule has 1 aliphatic rings. The summed E-state index contributed by atoms with van der Waals surface area (Å²) in [5.74, 6) is 1.06. The van der Waals surface area contributed by atoms with E-state index in [1.807, 2.05) is 12.1 Å². The first-order chi connectivity index (χ1) is 5.81. The lowest BCUT2D eigenvalue weighted by atomic mass is 10.1. The van der Waals surface area contributed by atoms with Gasteiger partial charge in [-0.25, -0.2) is 4.39 Å². The lowest BCUT2D eigenvalue weighted by Crippen LogP contribution is -2.01. The minimum absolute atomic E-state index is 0. The second-order valence-electron chi connectivity index (χ2n) is 3.39. The molecule has 1 nitrogen and oxygen atoms in total. The average Bonchev–Trinajstić information content (AvgIpc) is 2.85. The fourth-order valence-electron chi connectivity index (χ4n) is 1.63. The molecular formula is C10H13ClFN. The van der Waals surface area contributed by atoms with Crippen LogP contribution in [0.3, 0.4) is 0 Å². The van der Waals surface area contributed by atoms with Crippen molar-refractivity contribution in [3.8, 4) is 0 Å². The smallest absolute Gasteiger partial charge is 0.123 e. The van der Waals surface area contributed by atoms with Crippen LogP contribution in [-0.4, -0.2) is 6.54 Å². The van der Waals surface area contributed by atoms with Crippen molar-refractivity contribution >= 4 is 12.4 Å². The highest BCUT2D eigenvalue weighted by molar-refractivity contribution is 5.85. The van der Waals surface area contributed by atoms with E-state index in [0.717, 1.165) is 6.54 Å². The van der Waals surface area contributed by atoms with Gasteiger partial charge < -0.3 is 5.73 Å². The van der Waals surface area contributed by atoms with E-state index in [1.54, 1.807) is 0 Å². The predicted molar refractivity (Wildman–Crippen MR) is 53.6 cm³/mol. The monoisotopic (exact) mass is 201 g/mol. The molecule has 0 saturated heterocycles. The third-order valence-corrected chi connectivity index (χ3v) is 2.52. The minimum Gasteiger partial charge on any atom is -0.330 e. The van der Waals surface area contributed by atoms with E-state index in [4.69, 9.17) is 5.73 Å². The summed E-state index contributed by atoms with van der Waals surface area (Å²) in [6, 6.07) is 6.74. The Balaban J connectivity index is 0.000000845. The summed E-state index contributed by atoms with van der Waals surface area (Å²) in [6.45, 7) is 0.752. The van der Waals surface area contributed by atoms with Crippen molar-refractivity contribution in [2.75, 3.05) is 6.54 Å². The molecule has 0 spiro atoms. The third kappa shape index (κ3) is 2.20. The van der Waals surface area contributed by atoms with Crippen LogP contribution >= 0.6 is 12.4 Å². The quantitative estimate of drug-likeness (QED) is 0.781. The maximum atomic E-state index is 12.5. The van der Waals surface area contributed by atoms with Gasteiger partial charge in [0.2, 0.25) is 0 Å². The lowest BCUT2D eigenvalue weighted by Gasteiger charge is -1.97. The molecule has 1 aromatic carbocycles. The van der Waals surface area contributed by atoms with Crippen LogP contribution in [0.5, 0.6) is 0 Å². The number of nitrogens with two attached hydrogens (primary N) is 1. The second kappa shape index (κ2) is 4.07. The first-order valence-electron chi connectivity index (χ1n) is 4.27. The van der Waals surface area contributed by atoms with Crippen LogP contribution in [-0.2, 0) is 0 Å². The SMILES string of the molecule is Cl.NC[C@@H]1C[C@H]1c1ccc(F)cc1. The Morgan fingerprint density at radius 3 is 2.38 bits per heavy atom. The van der Waals surface area contributed by atoms with Crippen molar-refractivity contribution in [1.82, 2.24) is 0 Å². The van der Waals surface area contributed by atoms with E-state index in [9.17, 15) is 4.39 Å². The Labute approximate surface area is 83.5 Å². The highest BCUT2D eigenvalue weighted by Gasteiger charge is 2.36. The maximum Gasteiger partial charge on any atom is 0.123 e. The van der Waals surface area contributed by atoms with Gasteiger partial charge in [0.25, 0.3) is 0 Å². The number of hydrogen-bond donors (Lipinski definition) is 1. The highest BCUT2D eigenvalue weighted by atomic mass is 35.5. The summed E-state index contributed by atoms with van der Waals surface area (Å²) in [4.78, 5) is 0. The van der Waals surface area contributed by atoms with E-state index in [-0.39, 0.29) is 18.2 Å². The molecule has 1 fully saturated rings. The van der Waals surface area contributed by atoms with Crippen molar-refractivity contribution in [3.05, 3.63) is 35.6 Å². The fraction of sp³-hybridized carbons (Fsp3) is 0.400. The first-order valence-corrected chi connectivity index (χ1v) is 4.27. The molecule has 0 aromatic heterocycles. The number of halogens is 2. The molecule has 0 heterocycles. The second-order valence-corrected chi connectivity index (χ2v) is 3.39. The van der Waals surface area contributed by atoms with Crippen molar-refractivity contribution in [1.29, 1.82) is 0 Å². The molecule has 1 saturated carbocycles. The molecule has 3 heteroatoms. The lowest BCUT2D eigenvalue weighted by molar-refractivity contribution is 0.626. The summed E-state index contributed by atoms with van der Waals surface area (Å²) in [7, 11) is 0. The molecule has 1 aromatic rings. The molecule has 2 atom stereocenters.